The van der Waals surface area contributed by atoms with Gasteiger partial charge in [0.2, 0.25) is 0 Å². The molecule has 0 amide bonds. The molecule has 2 aromatic carbocycles. The fraction of sp³-hybridized carbons (Fsp3) is 0.417. The minimum Gasteiger partial charge on any atom is -0.494 e. The monoisotopic (exact) mass is 398 g/mol. The molecule has 0 N–H and O–H groups in total. The van der Waals surface area contributed by atoms with Crippen LogP contribution in [-0.2, 0) is 14.3 Å². The van der Waals surface area contributed by atoms with Crippen molar-refractivity contribution in [3.8, 4) is 16.9 Å². The Morgan fingerprint density at radius 3 is 2.07 bits per heavy atom. The predicted octanol–water partition coefficient (Wildman–Crippen LogP) is 5.42. The first-order valence-corrected chi connectivity index (χ1v) is 10.3. The number of rotatable bonds is 14. The van der Waals surface area contributed by atoms with Crippen molar-refractivity contribution >= 4 is 12.4 Å². The molecule has 0 saturated carbocycles. The van der Waals surface area contributed by atoms with Crippen LogP contribution >= 0.6 is 0 Å². The van der Waals surface area contributed by atoms with E-state index >= 15 is 0 Å². The van der Waals surface area contributed by atoms with Gasteiger partial charge in [-0.2, -0.15) is 0 Å². The van der Waals surface area contributed by atoms with Gasteiger partial charge in [-0.15, -0.1) is 0 Å². The van der Waals surface area contributed by atoms with Gasteiger partial charge in [-0.05, 0) is 54.7 Å². The summed E-state index contributed by atoms with van der Waals surface area (Å²) < 4.78 is 15.6. The molecule has 0 unspecified atom stereocenters. The van der Waals surface area contributed by atoms with Crippen molar-refractivity contribution in [2.45, 2.75) is 45.4 Å². The fourth-order valence-electron chi connectivity index (χ4n) is 2.85. The van der Waals surface area contributed by atoms with Crippen LogP contribution in [0.5, 0.6) is 5.75 Å². The number of benzene rings is 2. The van der Waals surface area contributed by atoms with Crippen molar-refractivity contribution < 1.29 is 23.8 Å². The average molecular weight is 398 g/mol. The second-order valence-corrected chi connectivity index (χ2v) is 6.82. The van der Waals surface area contributed by atoms with E-state index in [2.05, 4.69) is 11.7 Å². The van der Waals surface area contributed by atoms with E-state index in [1.165, 1.54) is 19.3 Å². The average Bonchev–Trinajstić information content (AvgIpc) is 2.76. The lowest BCUT2D eigenvalue weighted by atomic mass is 10.0. The summed E-state index contributed by atoms with van der Waals surface area (Å²) in [5.41, 5.74) is 2.62. The fourth-order valence-corrected chi connectivity index (χ4v) is 2.85. The Balaban J connectivity index is 1.78. The molecule has 29 heavy (non-hydrogen) atoms. The first-order valence-electron chi connectivity index (χ1n) is 10.3. The third kappa shape index (κ3) is 8.38. The van der Waals surface area contributed by atoms with E-state index in [9.17, 15) is 9.59 Å². The molecule has 0 fully saturated rings. The molecule has 0 atom stereocenters. The van der Waals surface area contributed by atoms with E-state index in [0.29, 0.717) is 38.1 Å². The van der Waals surface area contributed by atoms with Crippen LogP contribution in [0.15, 0.2) is 48.5 Å². The molecule has 0 aliphatic rings. The molecule has 2 aromatic rings. The Morgan fingerprint density at radius 2 is 1.41 bits per heavy atom. The highest BCUT2D eigenvalue weighted by Gasteiger charge is 2.07. The highest BCUT2D eigenvalue weighted by molar-refractivity contribution is 5.90. The first-order chi connectivity index (χ1) is 14.2. The Hall–Kier alpha value is -2.82. The van der Waals surface area contributed by atoms with Gasteiger partial charge in [-0.3, -0.25) is 4.79 Å². The molecular weight excluding hydrogens is 368 g/mol. The molecule has 0 spiro atoms. The number of esters is 1. The molecule has 0 radical (unpaired) electrons. The highest BCUT2D eigenvalue weighted by atomic mass is 16.5. The van der Waals surface area contributed by atoms with Crippen LogP contribution < -0.4 is 4.74 Å². The Bertz CT molecular complexity index is 722. The van der Waals surface area contributed by atoms with Crippen LogP contribution in [0.3, 0.4) is 0 Å². The molecule has 0 heterocycles. The summed E-state index contributed by atoms with van der Waals surface area (Å²) in [6.45, 7) is 4.02. The van der Waals surface area contributed by atoms with Crippen LogP contribution in [-0.4, -0.2) is 32.3 Å². The zero-order valence-corrected chi connectivity index (χ0v) is 17.1. The molecular formula is C24H30O5. The van der Waals surface area contributed by atoms with E-state index in [4.69, 9.17) is 9.47 Å². The predicted molar refractivity (Wildman–Crippen MR) is 113 cm³/mol. The third-order valence-corrected chi connectivity index (χ3v) is 4.53. The van der Waals surface area contributed by atoms with Gasteiger partial charge in [0, 0.05) is 0 Å². The van der Waals surface area contributed by atoms with Crippen molar-refractivity contribution in [1.29, 1.82) is 0 Å². The summed E-state index contributed by atoms with van der Waals surface area (Å²) in [5, 5.41) is 0. The van der Waals surface area contributed by atoms with Crippen LogP contribution in [0.25, 0.3) is 11.1 Å². The van der Waals surface area contributed by atoms with Crippen molar-refractivity contribution in [3.05, 3.63) is 54.1 Å². The van der Waals surface area contributed by atoms with Crippen LogP contribution in [0.2, 0.25) is 0 Å². The minimum atomic E-state index is -0.348. The molecule has 0 aromatic heterocycles. The molecule has 0 saturated heterocycles. The molecule has 0 bridgehead atoms. The van der Waals surface area contributed by atoms with Crippen molar-refractivity contribution in [1.82, 2.24) is 0 Å². The van der Waals surface area contributed by atoms with Gasteiger partial charge in [-0.25, -0.2) is 4.79 Å². The molecule has 2 rings (SSSR count). The zero-order valence-electron chi connectivity index (χ0n) is 17.1. The lowest BCUT2D eigenvalue weighted by Gasteiger charge is -2.08. The SMILES string of the molecule is CCCCCCOc1ccc(-c2ccc(C(=O)OCCCCOC=O)cc2)cc1. The van der Waals surface area contributed by atoms with Gasteiger partial charge >= 0.3 is 5.97 Å². The van der Waals surface area contributed by atoms with E-state index in [0.717, 1.165) is 29.9 Å². The van der Waals surface area contributed by atoms with E-state index in [-0.39, 0.29) is 5.97 Å². The maximum atomic E-state index is 12.1. The highest BCUT2D eigenvalue weighted by Crippen LogP contribution is 2.23. The summed E-state index contributed by atoms with van der Waals surface area (Å²) >= 11 is 0. The summed E-state index contributed by atoms with van der Waals surface area (Å²) in [6, 6.07) is 15.4. The number of carbonyl (C=O) groups is 2. The standard InChI is InChI=1S/C24H30O5/c1-2-3-4-5-17-28-23-14-12-21(13-15-23)20-8-10-22(11-9-20)24(26)29-18-7-6-16-27-19-25/h8-15,19H,2-7,16-18H2,1H3. The molecule has 0 aliphatic carbocycles. The molecule has 5 heteroatoms. The molecule has 5 nitrogen and oxygen atoms in total. The number of hydrogen-bond acceptors (Lipinski definition) is 5. The minimum absolute atomic E-state index is 0.308. The van der Waals surface area contributed by atoms with E-state index < -0.39 is 0 Å². The molecule has 156 valence electrons. The van der Waals surface area contributed by atoms with Crippen molar-refractivity contribution in [2.75, 3.05) is 19.8 Å². The number of unbranched alkanes of at least 4 members (excludes halogenated alkanes) is 4. The van der Waals surface area contributed by atoms with Gasteiger partial charge in [0.05, 0.1) is 25.4 Å². The molecule has 0 aliphatic heterocycles. The third-order valence-electron chi connectivity index (χ3n) is 4.53. The van der Waals surface area contributed by atoms with Gasteiger partial charge in [0.1, 0.15) is 5.75 Å². The quantitative estimate of drug-likeness (QED) is 0.241. The van der Waals surface area contributed by atoms with E-state index in [1.54, 1.807) is 12.1 Å². The van der Waals surface area contributed by atoms with Gasteiger partial charge in [0.25, 0.3) is 6.47 Å². The zero-order chi connectivity index (χ0) is 20.7. The summed E-state index contributed by atoms with van der Waals surface area (Å²) in [4.78, 5) is 22.1. The first kappa shape index (κ1) is 22.5. The Morgan fingerprint density at radius 1 is 0.793 bits per heavy atom. The van der Waals surface area contributed by atoms with Crippen LogP contribution in [0.1, 0.15) is 55.8 Å². The number of carbonyl (C=O) groups excluding carboxylic acids is 2. The number of hydrogen-bond donors (Lipinski definition) is 0. The van der Waals surface area contributed by atoms with Gasteiger partial charge in [0.15, 0.2) is 0 Å². The summed E-state index contributed by atoms with van der Waals surface area (Å²) in [5.74, 6) is 0.531. The second-order valence-electron chi connectivity index (χ2n) is 6.82. The second kappa shape index (κ2) is 13.4. The lowest BCUT2D eigenvalue weighted by Crippen LogP contribution is -2.07. The Kier molecular flexibility index (Phi) is 10.4. The van der Waals surface area contributed by atoms with Crippen molar-refractivity contribution in [2.24, 2.45) is 0 Å². The topological polar surface area (TPSA) is 61.8 Å². The van der Waals surface area contributed by atoms with E-state index in [1.807, 2.05) is 36.4 Å². The summed E-state index contributed by atoms with van der Waals surface area (Å²) in [7, 11) is 0. The van der Waals surface area contributed by atoms with Gasteiger partial charge in [-0.1, -0.05) is 50.5 Å². The maximum absolute atomic E-state index is 12.1. The maximum Gasteiger partial charge on any atom is 0.338 e. The van der Waals surface area contributed by atoms with Crippen LogP contribution in [0.4, 0.5) is 0 Å². The summed E-state index contributed by atoms with van der Waals surface area (Å²) in [6.07, 6.45) is 6.09. The largest absolute Gasteiger partial charge is 0.494 e. The normalized spacial score (nSPS) is 10.4. The lowest BCUT2D eigenvalue weighted by molar-refractivity contribution is -0.128. The van der Waals surface area contributed by atoms with Gasteiger partial charge < -0.3 is 14.2 Å². The number of ether oxygens (including phenoxy) is 3. The smallest absolute Gasteiger partial charge is 0.338 e. The Labute approximate surface area is 173 Å². The van der Waals surface area contributed by atoms with Crippen LogP contribution in [0, 0.1) is 0 Å². The van der Waals surface area contributed by atoms with Crippen molar-refractivity contribution in [3.63, 3.8) is 0 Å².